The van der Waals surface area contributed by atoms with Crippen LogP contribution in [0.4, 0.5) is 4.39 Å². The number of rotatable bonds is 9. The van der Waals surface area contributed by atoms with Gasteiger partial charge in [0.1, 0.15) is 18.3 Å². The molecule has 0 atom stereocenters. The largest absolute Gasteiger partial charge is 0.496 e. The third kappa shape index (κ3) is 5.52. The van der Waals surface area contributed by atoms with Gasteiger partial charge in [0.05, 0.1) is 23.7 Å². The molecule has 0 aliphatic heterocycles. The van der Waals surface area contributed by atoms with Gasteiger partial charge in [-0.15, -0.1) is 0 Å². The Morgan fingerprint density at radius 2 is 1.96 bits per heavy atom. The van der Waals surface area contributed by atoms with Crippen LogP contribution < -0.4 is 4.74 Å². The zero-order chi connectivity index (χ0) is 18.6. The Hall–Kier alpha value is -1.44. The van der Waals surface area contributed by atoms with Crippen LogP contribution in [0.15, 0.2) is 12.1 Å². The van der Waals surface area contributed by atoms with Crippen molar-refractivity contribution < 1.29 is 13.9 Å². The minimum absolute atomic E-state index is 0.327. The number of fused-ring (bicyclic) bond motifs is 1. The summed E-state index contributed by atoms with van der Waals surface area (Å²) in [6.45, 7) is 8.85. The molecule has 1 heterocycles. The van der Waals surface area contributed by atoms with Gasteiger partial charge in [0, 0.05) is 39.8 Å². The first-order valence-corrected chi connectivity index (χ1v) is 12.4. The molecule has 7 heteroatoms. The van der Waals surface area contributed by atoms with E-state index in [1.165, 1.54) is 12.1 Å². The summed E-state index contributed by atoms with van der Waals surface area (Å²) in [4.78, 5) is 2.10. The third-order valence-electron chi connectivity index (χ3n) is 4.08. The van der Waals surface area contributed by atoms with E-state index < -0.39 is 8.07 Å². The third-order valence-corrected chi connectivity index (χ3v) is 5.78. The zero-order valence-electron chi connectivity index (χ0n) is 16.2. The minimum Gasteiger partial charge on any atom is -0.496 e. The second-order valence-corrected chi connectivity index (χ2v) is 13.5. The van der Waals surface area contributed by atoms with Crippen LogP contribution in [0.5, 0.6) is 5.75 Å². The van der Waals surface area contributed by atoms with Crippen LogP contribution in [0.1, 0.15) is 5.69 Å². The Morgan fingerprint density at radius 1 is 1.24 bits per heavy atom. The Labute approximate surface area is 150 Å². The van der Waals surface area contributed by atoms with Gasteiger partial charge in [0.15, 0.2) is 0 Å². The number of likely N-dealkylation sites (N-methyl/N-ethyl adjacent to an activating group) is 1. The van der Waals surface area contributed by atoms with E-state index in [1.54, 1.807) is 11.8 Å². The van der Waals surface area contributed by atoms with Crippen molar-refractivity contribution in [2.24, 2.45) is 0 Å². The summed E-state index contributed by atoms with van der Waals surface area (Å²) in [5.74, 6) is 0.198. The molecule has 0 radical (unpaired) electrons. The number of halogens is 1. The highest BCUT2D eigenvalue weighted by atomic mass is 28.3. The minimum atomic E-state index is -1.13. The summed E-state index contributed by atoms with van der Waals surface area (Å²) in [5.41, 5.74) is 1.63. The lowest BCUT2D eigenvalue weighted by molar-refractivity contribution is 0.0813. The van der Waals surface area contributed by atoms with Gasteiger partial charge in [-0.3, -0.25) is 0 Å². The van der Waals surface area contributed by atoms with Crippen molar-refractivity contribution >= 4 is 19.0 Å². The number of hydrogen-bond acceptors (Lipinski definition) is 4. The van der Waals surface area contributed by atoms with Crippen molar-refractivity contribution in [3.63, 3.8) is 0 Å². The summed E-state index contributed by atoms with van der Waals surface area (Å²) in [5, 5.41) is 5.55. The lowest BCUT2D eigenvalue weighted by atomic mass is 10.1. The van der Waals surface area contributed by atoms with E-state index >= 15 is 0 Å². The topological polar surface area (TPSA) is 39.5 Å². The monoisotopic (exact) mass is 367 g/mol. The summed E-state index contributed by atoms with van der Waals surface area (Å²) in [6.07, 6.45) is 0.771. The maximum absolute atomic E-state index is 14.0. The lowest BCUT2D eigenvalue weighted by Gasteiger charge is -2.15. The molecule has 25 heavy (non-hydrogen) atoms. The molecule has 0 N–H and O–H groups in total. The van der Waals surface area contributed by atoms with Crippen LogP contribution in [0, 0.1) is 5.82 Å². The first kappa shape index (κ1) is 19.9. The van der Waals surface area contributed by atoms with Crippen molar-refractivity contribution in [1.29, 1.82) is 0 Å². The van der Waals surface area contributed by atoms with Crippen LogP contribution in [0.25, 0.3) is 10.9 Å². The first-order valence-electron chi connectivity index (χ1n) is 8.66. The SMILES string of the molecule is COc1cc(F)cc2c1c(CCN(C)C)nn2COCC[Si](C)(C)C. The fourth-order valence-corrected chi connectivity index (χ4v) is 3.36. The number of aromatic nitrogens is 2. The number of benzene rings is 1. The molecule has 0 saturated heterocycles. The Morgan fingerprint density at radius 3 is 2.56 bits per heavy atom. The van der Waals surface area contributed by atoms with E-state index in [-0.39, 0.29) is 5.82 Å². The highest BCUT2D eigenvalue weighted by Crippen LogP contribution is 2.30. The van der Waals surface area contributed by atoms with E-state index in [1.807, 2.05) is 14.1 Å². The molecule has 140 valence electrons. The number of hydrogen-bond donors (Lipinski definition) is 0. The Kier molecular flexibility index (Phi) is 6.59. The summed E-state index contributed by atoms with van der Waals surface area (Å²) < 4.78 is 26.9. The second-order valence-electron chi connectivity index (χ2n) is 7.85. The molecule has 0 saturated carbocycles. The average molecular weight is 368 g/mol. The average Bonchev–Trinajstić information content (AvgIpc) is 2.85. The van der Waals surface area contributed by atoms with Crippen LogP contribution in [0.3, 0.4) is 0 Å². The van der Waals surface area contributed by atoms with Crippen molar-refractivity contribution in [2.45, 2.75) is 38.8 Å². The second kappa shape index (κ2) is 8.29. The fourth-order valence-electron chi connectivity index (χ4n) is 2.60. The fraction of sp³-hybridized carbons (Fsp3) is 0.611. The van der Waals surface area contributed by atoms with Gasteiger partial charge in [-0.2, -0.15) is 5.10 Å². The molecule has 0 bridgehead atoms. The van der Waals surface area contributed by atoms with Gasteiger partial charge < -0.3 is 14.4 Å². The van der Waals surface area contributed by atoms with Gasteiger partial charge in [-0.25, -0.2) is 9.07 Å². The van der Waals surface area contributed by atoms with E-state index in [0.29, 0.717) is 19.1 Å². The summed E-state index contributed by atoms with van der Waals surface area (Å²) in [7, 11) is 4.48. The van der Waals surface area contributed by atoms with Gasteiger partial charge in [-0.1, -0.05) is 19.6 Å². The van der Waals surface area contributed by atoms with Gasteiger partial charge >= 0.3 is 0 Å². The highest BCUT2D eigenvalue weighted by Gasteiger charge is 2.18. The lowest BCUT2D eigenvalue weighted by Crippen LogP contribution is -2.22. The molecule has 1 aromatic carbocycles. The van der Waals surface area contributed by atoms with Crippen molar-refractivity contribution in [3.05, 3.63) is 23.6 Å². The predicted molar refractivity (Wildman–Crippen MR) is 103 cm³/mol. The molecule has 5 nitrogen and oxygen atoms in total. The van der Waals surface area contributed by atoms with Crippen LogP contribution >= 0.6 is 0 Å². The molecule has 0 aliphatic rings. The summed E-state index contributed by atoms with van der Waals surface area (Å²) in [6, 6.07) is 4.02. The summed E-state index contributed by atoms with van der Waals surface area (Å²) >= 11 is 0. The normalized spacial score (nSPS) is 12.3. The maximum Gasteiger partial charge on any atom is 0.140 e. The molecular formula is C18H30FN3O2Si. The highest BCUT2D eigenvalue weighted by molar-refractivity contribution is 6.76. The Bertz CT molecular complexity index is 710. The van der Waals surface area contributed by atoms with Crippen LogP contribution in [-0.2, 0) is 17.9 Å². The molecule has 1 aromatic heterocycles. The van der Waals surface area contributed by atoms with Crippen molar-refractivity contribution in [2.75, 3.05) is 34.4 Å². The van der Waals surface area contributed by atoms with Crippen molar-refractivity contribution in [1.82, 2.24) is 14.7 Å². The van der Waals surface area contributed by atoms with Gasteiger partial charge in [-0.05, 0) is 20.1 Å². The van der Waals surface area contributed by atoms with E-state index in [2.05, 4.69) is 29.6 Å². The molecule has 2 rings (SSSR count). The predicted octanol–water partition coefficient (Wildman–Crippen LogP) is 3.60. The molecule has 0 aliphatic carbocycles. The standard InChI is InChI=1S/C18H30FN3O2Si/c1-21(2)8-7-15-18-16(11-14(19)12-17(18)23-3)22(20-15)13-24-9-10-25(4,5)6/h11-12H,7-10,13H2,1-6H3. The van der Waals surface area contributed by atoms with Gasteiger partial charge in [0.25, 0.3) is 0 Å². The quantitative estimate of drug-likeness (QED) is 0.501. The number of methoxy groups -OCH3 is 1. The van der Waals surface area contributed by atoms with Crippen molar-refractivity contribution in [3.8, 4) is 5.75 Å². The molecule has 0 fully saturated rings. The number of ether oxygens (including phenoxy) is 2. The Balaban J connectivity index is 2.27. The first-order chi connectivity index (χ1) is 11.7. The molecular weight excluding hydrogens is 337 g/mol. The zero-order valence-corrected chi connectivity index (χ0v) is 17.2. The van der Waals surface area contributed by atoms with Gasteiger partial charge in [0.2, 0.25) is 0 Å². The molecule has 0 unspecified atom stereocenters. The van der Waals surface area contributed by atoms with E-state index in [0.717, 1.165) is 35.6 Å². The number of nitrogens with zero attached hydrogens (tertiary/aromatic N) is 3. The maximum atomic E-state index is 14.0. The molecule has 0 spiro atoms. The van der Waals surface area contributed by atoms with Crippen LogP contribution in [-0.4, -0.2) is 57.1 Å². The van der Waals surface area contributed by atoms with E-state index in [4.69, 9.17) is 9.47 Å². The molecule has 0 amide bonds. The van der Waals surface area contributed by atoms with E-state index in [9.17, 15) is 4.39 Å². The molecule has 2 aromatic rings. The smallest absolute Gasteiger partial charge is 0.140 e. The van der Waals surface area contributed by atoms with Crippen LogP contribution in [0.2, 0.25) is 25.7 Å².